The van der Waals surface area contributed by atoms with Crippen LogP contribution in [0.5, 0.6) is 0 Å². The lowest BCUT2D eigenvalue weighted by molar-refractivity contribution is -0.368. The number of halogens is 1. The van der Waals surface area contributed by atoms with E-state index < -0.39 is 0 Å². The number of unbranched alkanes of at least 4 members (excludes halogenated alkanes) is 2. The second-order valence-electron chi connectivity index (χ2n) is 4.64. The summed E-state index contributed by atoms with van der Waals surface area (Å²) in [5.41, 5.74) is 4.21. The summed E-state index contributed by atoms with van der Waals surface area (Å²) in [4.78, 5) is 0. The van der Waals surface area contributed by atoms with Gasteiger partial charge in [0.25, 0.3) is 0 Å². The maximum atomic E-state index is 3.88. The molecule has 17 heavy (non-hydrogen) atoms. The number of hydrogen-bond donors (Lipinski definition) is 1. The molecule has 0 amide bonds. The first kappa shape index (κ1) is 18.8. The summed E-state index contributed by atoms with van der Waals surface area (Å²) in [6, 6.07) is 0. The van der Waals surface area contributed by atoms with E-state index in [1.54, 1.807) is 0 Å². The van der Waals surface area contributed by atoms with E-state index in [1.807, 2.05) is 18.2 Å². The lowest BCUT2D eigenvalue weighted by atomic mass is 9.74. The molecule has 0 fully saturated rings. The normalized spacial score (nSPS) is 10.4. The number of allylic oxidation sites excluding steroid dienone is 3. The molecule has 0 aromatic rings. The van der Waals surface area contributed by atoms with Gasteiger partial charge in [0.2, 0.25) is 0 Å². The van der Waals surface area contributed by atoms with Gasteiger partial charge < -0.3 is 18.1 Å². The van der Waals surface area contributed by atoms with E-state index in [2.05, 4.69) is 25.5 Å². The zero-order chi connectivity index (χ0) is 12.3. The Morgan fingerprint density at radius 2 is 1.29 bits per heavy atom. The summed E-state index contributed by atoms with van der Waals surface area (Å²) >= 11 is 0. The van der Waals surface area contributed by atoms with Crippen molar-refractivity contribution < 1.29 is 18.1 Å². The van der Waals surface area contributed by atoms with Gasteiger partial charge in [0.15, 0.2) is 0 Å². The topological polar surface area (TPSA) is 27.6 Å². The number of quaternary nitrogens is 1. The van der Waals surface area contributed by atoms with Gasteiger partial charge in [0.05, 0.1) is 6.54 Å². The zero-order valence-corrected chi connectivity index (χ0v) is 11.9. The van der Waals surface area contributed by atoms with Gasteiger partial charge in [0, 0.05) is 0 Å². The molecule has 0 aliphatic heterocycles. The lowest BCUT2D eigenvalue weighted by Gasteiger charge is -2.31. The SMILES string of the molecule is C=CCC(CC=C)(CC=C)CCCCC[NH3+].[Cl-]. The van der Waals surface area contributed by atoms with Crippen LogP contribution in [0.3, 0.4) is 0 Å². The molecule has 0 bridgehead atoms. The van der Waals surface area contributed by atoms with Gasteiger partial charge in [-0.2, -0.15) is 0 Å². The summed E-state index contributed by atoms with van der Waals surface area (Å²) in [7, 11) is 0. The monoisotopic (exact) mass is 257 g/mol. The Labute approximate surface area is 113 Å². The third-order valence-corrected chi connectivity index (χ3v) is 3.19. The summed E-state index contributed by atoms with van der Waals surface area (Å²) in [5.74, 6) is 0. The van der Waals surface area contributed by atoms with Crippen LogP contribution >= 0.6 is 0 Å². The standard InChI is InChI=1S/C15H27N.ClH/c1-4-10-15(11-5-2,12-6-3)13-8-7-9-14-16;/h4-6H,1-3,7-14,16H2;1H. The van der Waals surface area contributed by atoms with Crippen LogP contribution in [0, 0.1) is 5.41 Å². The number of hydrogen-bond acceptors (Lipinski definition) is 0. The molecule has 100 valence electrons. The van der Waals surface area contributed by atoms with Gasteiger partial charge in [-0.05, 0) is 43.9 Å². The van der Waals surface area contributed by atoms with E-state index in [1.165, 1.54) is 25.7 Å². The van der Waals surface area contributed by atoms with E-state index in [-0.39, 0.29) is 12.4 Å². The quantitative estimate of drug-likeness (QED) is 0.413. The van der Waals surface area contributed by atoms with Crippen molar-refractivity contribution in [1.82, 2.24) is 0 Å². The van der Waals surface area contributed by atoms with Gasteiger partial charge in [-0.15, -0.1) is 19.7 Å². The fourth-order valence-electron chi connectivity index (χ4n) is 2.33. The van der Waals surface area contributed by atoms with Crippen molar-refractivity contribution in [3.8, 4) is 0 Å². The van der Waals surface area contributed by atoms with Gasteiger partial charge in [-0.25, -0.2) is 0 Å². The van der Waals surface area contributed by atoms with Crippen LogP contribution in [0.4, 0.5) is 0 Å². The first-order chi connectivity index (χ1) is 7.74. The molecule has 0 saturated heterocycles. The Balaban J connectivity index is 0. The van der Waals surface area contributed by atoms with Gasteiger partial charge >= 0.3 is 0 Å². The second kappa shape index (κ2) is 11.9. The third kappa shape index (κ3) is 8.23. The van der Waals surface area contributed by atoms with Crippen LogP contribution in [-0.2, 0) is 0 Å². The molecule has 0 atom stereocenters. The molecule has 0 aromatic heterocycles. The molecule has 0 saturated carbocycles. The van der Waals surface area contributed by atoms with Crippen LogP contribution in [0.2, 0.25) is 0 Å². The highest BCUT2D eigenvalue weighted by molar-refractivity contribution is 4.95. The molecule has 0 aliphatic rings. The van der Waals surface area contributed by atoms with E-state index >= 15 is 0 Å². The molecule has 0 rings (SSSR count). The van der Waals surface area contributed by atoms with Crippen LogP contribution in [-0.4, -0.2) is 6.54 Å². The first-order valence-corrected chi connectivity index (χ1v) is 6.36. The van der Waals surface area contributed by atoms with E-state index in [9.17, 15) is 0 Å². The average molecular weight is 258 g/mol. The Morgan fingerprint density at radius 3 is 1.65 bits per heavy atom. The maximum Gasteiger partial charge on any atom is 0.0739 e. The molecular weight excluding hydrogens is 230 g/mol. The Kier molecular flexibility index (Phi) is 13.2. The summed E-state index contributed by atoms with van der Waals surface area (Å²) in [6.45, 7) is 12.7. The molecule has 0 aliphatic carbocycles. The predicted octanol–water partition coefficient (Wildman–Crippen LogP) is 0.507. The predicted molar refractivity (Wildman–Crippen MR) is 73.1 cm³/mol. The summed E-state index contributed by atoms with van der Waals surface area (Å²) < 4.78 is 0. The highest BCUT2D eigenvalue weighted by Crippen LogP contribution is 2.37. The lowest BCUT2D eigenvalue weighted by Crippen LogP contribution is -3.00. The Bertz CT molecular complexity index is 184. The van der Waals surface area contributed by atoms with Gasteiger partial charge in [-0.1, -0.05) is 24.6 Å². The van der Waals surface area contributed by atoms with Crippen molar-refractivity contribution in [2.45, 2.75) is 44.9 Å². The number of rotatable bonds is 11. The van der Waals surface area contributed by atoms with Crippen molar-refractivity contribution in [2.24, 2.45) is 5.41 Å². The van der Waals surface area contributed by atoms with Gasteiger partial charge in [0.1, 0.15) is 0 Å². The van der Waals surface area contributed by atoms with Crippen molar-refractivity contribution >= 4 is 0 Å². The summed E-state index contributed by atoms with van der Waals surface area (Å²) in [6.07, 6.45) is 14.4. The Hall–Kier alpha value is -0.530. The zero-order valence-electron chi connectivity index (χ0n) is 11.1. The van der Waals surface area contributed by atoms with Crippen molar-refractivity contribution in [2.75, 3.05) is 6.54 Å². The minimum absolute atomic E-state index is 0. The molecule has 1 nitrogen and oxygen atoms in total. The highest BCUT2D eigenvalue weighted by Gasteiger charge is 2.25. The van der Waals surface area contributed by atoms with Crippen molar-refractivity contribution in [1.29, 1.82) is 0 Å². The highest BCUT2D eigenvalue weighted by atomic mass is 35.5. The molecule has 0 unspecified atom stereocenters. The molecular formula is C15H28ClN. The third-order valence-electron chi connectivity index (χ3n) is 3.19. The minimum atomic E-state index is 0. The van der Waals surface area contributed by atoms with Gasteiger partial charge in [-0.3, -0.25) is 0 Å². The largest absolute Gasteiger partial charge is 1.00 e. The fraction of sp³-hybridized carbons (Fsp3) is 0.600. The van der Waals surface area contributed by atoms with E-state index in [4.69, 9.17) is 0 Å². The molecule has 0 aromatic carbocycles. The van der Waals surface area contributed by atoms with Crippen LogP contribution in [0.15, 0.2) is 38.0 Å². The molecule has 0 spiro atoms. The molecule has 3 N–H and O–H groups in total. The maximum absolute atomic E-state index is 3.88. The van der Waals surface area contributed by atoms with Crippen LogP contribution in [0.1, 0.15) is 44.9 Å². The van der Waals surface area contributed by atoms with E-state index in [0.717, 1.165) is 25.8 Å². The first-order valence-electron chi connectivity index (χ1n) is 6.36. The average Bonchev–Trinajstić information content (AvgIpc) is 2.26. The molecule has 0 heterocycles. The Morgan fingerprint density at radius 1 is 0.824 bits per heavy atom. The van der Waals surface area contributed by atoms with E-state index in [0.29, 0.717) is 5.41 Å². The van der Waals surface area contributed by atoms with Crippen LogP contribution in [0.25, 0.3) is 0 Å². The fourth-order valence-corrected chi connectivity index (χ4v) is 2.33. The molecule has 0 radical (unpaired) electrons. The van der Waals surface area contributed by atoms with Crippen LogP contribution < -0.4 is 18.1 Å². The second-order valence-corrected chi connectivity index (χ2v) is 4.64. The van der Waals surface area contributed by atoms with Crippen molar-refractivity contribution in [3.63, 3.8) is 0 Å². The van der Waals surface area contributed by atoms with Crippen molar-refractivity contribution in [3.05, 3.63) is 38.0 Å². The molecule has 2 heteroatoms. The minimum Gasteiger partial charge on any atom is -1.00 e. The smallest absolute Gasteiger partial charge is 0.0739 e. The summed E-state index contributed by atoms with van der Waals surface area (Å²) in [5, 5.41) is 0.